The Balaban J connectivity index is 1.39. The number of aliphatic hydroxyl groups is 2. The van der Waals surface area contributed by atoms with Gasteiger partial charge in [-0.25, -0.2) is 4.39 Å². The van der Waals surface area contributed by atoms with Gasteiger partial charge in [-0.15, -0.1) is 0 Å². The van der Waals surface area contributed by atoms with E-state index in [0.29, 0.717) is 63.4 Å². The summed E-state index contributed by atoms with van der Waals surface area (Å²) in [7, 11) is 0. The van der Waals surface area contributed by atoms with E-state index in [-0.39, 0.29) is 24.4 Å². The van der Waals surface area contributed by atoms with Gasteiger partial charge in [0, 0.05) is 24.2 Å². The van der Waals surface area contributed by atoms with Gasteiger partial charge >= 0.3 is 0 Å². The van der Waals surface area contributed by atoms with Crippen molar-refractivity contribution in [2.45, 2.75) is 130 Å². The molecule has 6 heteroatoms. The zero-order chi connectivity index (χ0) is 36.4. The zero-order valence-electron chi connectivity index (χ0n) is 32.0. The highest BCUT2D eigenvalue weighted by Crippen LogP contribution is 2.42. The summed E-state index contributed by atoms with van der Waals surface area (Å²) >= 11 is 0. The predicted molar refractivity (Wildman–Crippen MR) is 206 cm³/mol. The summed E-state index contributed by atoms with van der Waals surface area (Å²) in [5.74, 6) is 1.43. The number of aryl methyl sites for hydroxylation is 1. The molecule has 0 unspecified atom stereocenters. The molecule has 280 valence electrons. The Bertz CT molecular complexity index is 1530. The van der Waals surface area contributed by atoms with Crippen molar-refractivity contribution in [1.82, 2.24) is 0 Å². The maximum absolute atomic E-state index is 16.3. The second-order valence-electron chi connectivity index (χ2n) is 16.0. The van der Waals surface area contributed by atoms with E-state index in [1.165, 1.54) is 56.9 Å². The molecule has 1 heterocycles. The first-order chi connectivity index (χ1) is 24.6. The second kappa shape index (κ2) is 18.3. The van der Waals surface area contributed by atoms with Crippen LogP contribution in [0, 0.1) is 17.2 Å². The Hall–Kier alpha value is -2.77. The van der Waals surface area contributed by atoms with Crippen LogP contribution in [-0.2, 0) is 28.7 Å². The van der Waals surface area contributed by atoms with Crippen molar-refractivity contribution in [2.75, 3.05) is 33.0 Å². The van der Waals surface area contributed by atoms with Gasteiger partial charge in [0.15, 0.2) is 5.79 Å². The minimum absolute atomic E-state index is 0.0485. The van der Waals surface area contributed by atoms with Crippen molar-refractivity contribution >= 4 is 0 Å². The number of rotatable bonds is 17. The third-order valence-electron chi connectivity index (χ3n) is 11.3. The first-order valence-corrected chi connectivity index (χ1v) is 19.8. The maximum atomic E-state index is 16.3. The highest BCUT2D eigenvalue weighted by atomic mass is 19.1. The van der Waals surface area contributed by atoms with Crippen molar-refractivity contribution < 1.29 is 28.8 Å². The summed E-state index contributed by atoms with van der Waals surface area (Å²) in [6, 6.07) is 16.5. The summed E-state index contributed by atoms with van der Waals surface area (Å²) in [5, 5.41) is 19.7. The molecule has 0 atom stereocenters. The Labute approximate surface area is 306 Å². The summed E-state index contributed by atoms with van der Waals surface area (Å²) in [4.78, 5) is 0. The first kappa shape index (κ1) is 39.4. The predicted octanol–water partition coefficient (Wildman–Crippen LogP) is 10.6. The highest BCUT2D eigenvalue weighted by molar-refractivity contribution is 5.76. The summed E-state index contributed by atoms with van der Waals surface area (Å²) in [6.07, 6.45) is 13.6. The summed E-state index contributed by atoms with van der Waals surface area (Å²) < 4.78 is 34.9. The van der Waals surface area contributed by atoms with Crippen LogP contribution in [0.25, 0.3) is 22.3 Å². The lowest BCUT2D eigenvalue weighted by atomic mass is 9.77. The molecule has 0 bridgehead atoms. The van der Waals surface area contributed by atoms with E-state index >= 15 is 4.39 Å². The molecule has 1 aliphatic carbocycles. The summed E-state index contributed by atoms with van der Waals surface area (Å²) in [5.41, 5.74) is 7.37. The van der Waals surface area contributed by atoms with Gasteiger partial charge in [0.05, 0.1) is 19.8 Å². The van der Waals surface area contributed by atoms with Gasteiger partial charge in [-0.1, -0.05) is 82.9 Å². The van der Waals surface area contributed by atoms with Crippen molar-refractivity contribution in [3.05, 3.63) is 76.6 Å². The SMILES string of the molecule is CCCCCC1CCC(c2ccc(-c3ccc(-c4cc(CCCO)c(OCC5(C)COC(C)(C)OC5)c(CCCO)c4CC)c(F)c3)cc2)CC1. The lowest BCUT2D eigenvalue weighted by Gasteiger charge is -2.41. The van der Waals surface area contributed by atoms with Crippen molar-refractivity contribution in [3.63, 3.8) is 0 Å². The molecule has 1 aliphatic heterocycles. The fraction of sp³-hybridized carbons (Fsp3) is 0.600. The average molecular weight is 703 g/mol. The molecule has 5 nitrogen and oxygen atoms in total. The first-order valence-electron chi connectivity index (χ1n) is 19.8. The van der Waals surface area contributed by atoms with Crippen LogP contribution in [0.4, 0.5) is 4.39 Å². The minimum Gasteiger partial charge on any atom is -0.492 e. The fourth-order valence-corrected chi connectivity index (χ4v) is 8.06. The zero-order valence-corrected chi connectivity index (χ0v) is 32.0. The van der Waals surface area contributed by atoms with Crippen LogP contribution in [0.1, 0.15) is 127 Å². The maximum Gasteiger partial charge on any atom is 0.162 e. The topological polar surface area (TPSA) is 68.2 Å². The van der Waals surface area contributed by atoms with E-state index in [2.05, 4.69) is 51.1 Å². The third-order valence-corrected chi connectivity index (χ3v) is 11.3. The van der Waals surface area contributed by atoms with E-state index in [1.807, 2.05) is 26.0 Å². The van der Waals surface area contributed by atoms with Gasteiger partial charge in [0.25, 0.3) is 0 Å². The molecule has 2 fully saturated rings. The monoisotopic (exact) mass is 702 g/mol. The Morgan fingerprint density at radius 3 is 2.06 bits per heavy atom. The number of hydrogen-bond acceptors (Lipinski definition) is 5. The number of benzene rings is 3. The second-order valence-corrected chi connectivity index (χ2v) is 16.0. The van der Waals surface area contributed by atoms with Gasteiger partial charge in [-0.2, -0.15) is 0 Å². The molecule has 3 aromatic rings. The van der Waals surface area contributed by atoms with Crippen LogP contribution in [0.2, 0.25) is 0 Å². The third kappa shape index (κ3) is 10.2. The smallest absolute Gasteiger partial charge is 0.162 e. The molecular formula is C45H63FO5. The number of ether oxygens (including phenoxy) is 3. The molecule has 1 saturated heterocycles. The minimum atomic E-state index is -0.620. The van der Waals surface area contributed by atoms with E-state index in [4.69, 9.17) is 14.2 Å². The van der Waals surface area contributed by atoms with Crippen LogP contribution in [0.3, 0.4) is 0 Å². The van der Waals surface area contributed by atoms with Crippen molar-refractivity contribution in [2.24, 2.45) is 11.3 Å². The number of halogens is 1. The molecule has 3 aromatic carbocycles. The lowest BCUT2D eigenvalue weighted by Crippen LogP contribution is -2.47. The van der Waals surface area contributed by atoms with Crippen molar-refractivity contribution in [1.29, 1.82) is 0 Å². The average Bonchev–Trinajstić information content (AvgIpc) is 3.14. The van der Waals surface area contributed by atoms with Crippen molar-refractivity contribution in [3.8, 4) is 28.0 Å². The highest BCUT2D eigenvalue weighted by Gasteiger charge is 2.38. The van der Waals surface area contributed by atoms with Crippen LogP contribution >= 0.6 is 0 Å². The van der Waals surface area contributed by atoms with E-state index in [9.17, 15) is 10.2 Å². The molecular weight excluding hydrogens is 639 g/mol. The van der Waals surface area contributed by atoms with Gasteiger partial charge in [-0.05, 0) is 135 Å². The van der Waals surface area contributed by atoms with Gasteiger partial charge in [-0.3, -0.25) is 0 Å². The van der Waals surface area contributed by atoms with E-state index < -0.39 is 5.79 Å². The van der Waals surface area contributed by atoms with Crippen LogP contribution < -0.4 is 4.74 Å². The van der Waals surface area contributed by atoms with Gasteiger partial charge in [0.2, 0.25) is 0 Å². The van der Waals surface area contributed by atoms with Crippen LogP contribution in [0.15, 0.2) is 48.5 Å². The largest absolute Gasteiger partial charge is 0.492 e. The van der Waals surface area contributed by atoms with Crippen LogP contribution in [0.5, 0.6) is 5.75 Å². The van der Waals surface area contributed by atoms with E-state index in [0.717, 1.165) is 45.0 Å². The molecule has 0 amide bonds. The normalized spacial score (nSPS) is 20.0. The van der Waals surface area contributed by atoms with E-state index in [1.54, 1.807) is 6.07 Å². The molecule has 0 aromatic heterocycles. The molecule has 2 N–H and O–H groups in total. The number of unbranched alkanes of at least 4 members (excludes halogenated alkanes) is 2. The molecule has 0 radical (unpaired) electrons. The Morgan fingerprint density at radius 1 is 0.765 bits per heavy atom. The summed E-state index contributed by atoms with van der Waals surface area (Å²) in [6.45, 7) is 11.8. The van der Waals surface area contributed by atoms with Crippen LogP contribution in [-0.4, -0.2) is 49.0 Å². The quantitative estimate of drug-likeness (QED) is 0.137. The van der Waals surface area contributed by atoms with Gasteiger partial charge in [0.1, 0.15) is 11.6 Å². The fourth-order valence-electron chi connectivity index (χ4n) is 8.06. The Kier molecular flexibility index (Phi) is 14.2. The lowest BCUT2D eigenvalue weighted by molar-refractivity contribution is -0.285. The van der Waals surface area contributed by atoms with Gasteiger partial charge < -0.3 is 24.4 Å². The molecule has 5 rings (SSSR count). The standard InChI is InChI=1S/C45H63FO5/c1-6-8-9-12-32-15-17-33(18-16-32)34-19-21-35(22-20-34)36-23-24-39(42(46)28-36)41-27-37(13-10-25-47)43(40(14-11-26-48)38(41)7-2)49-29-45(5)30-50-44(3,4)51-31-45/h19-24,27-28,32-33,47-48H,6-18,25-26,29-31H2,1-5H3. The number of aliphatic hydroxyl groups excluding tert-OH is 2. The number of hydrogen-bond donors (Lipinski definition) is 2. The Morgan fingerprint density at radius 2 is 1.43 bits per heavy atom. The molecule has 1 saturated carbocycles. The molecule has 2 aliphatic rings. The molecule has 0 spiro atoms. The molecule has 51 heavy (non-hydrogen) atoms.